The Morgan fingerprint density at radius 3 is 1.96 bits per heavy atom. The van der Waals surface area contributed by atoms with Crippen LogP contribution in [0.2, 0.25) is 0 Å². The fourth-order valence-corrected chi connectivity index (χ4v) is 5.83. The molecule has 4 fully saturated rings. The minimum absolute atomic E-state index is 0.178. The predicted octanol–water partition coefficient (Wildman–Crippen LogP) is 0.00920. The fourth-order valence-electron chi connectivity index (χ4n) is 5.83. The molecule has 2 unspecified atom stereocenters. The number of hydrogen-bond donors (Lipinski definition) is 2. The van der Waals surface area contributed by atoms with Crippen LogP contribution in [-0.2, 0) is 10.2 Å². The fraction of sp³-hybridized carbons (Fsp3) is 0.381. The van der Waals surface area contributed by atoms with Crippen molar-refractivity contribution in [1.82, 2.24) is 0 Å². The number of ketones is 1. The van der Waals surface area contributed by atoms with Crippen molar-refractivity contribution in [2.75, 3.05) is 26.2 Å². The molecule has 0 spiro atoms. The van der Waals surface area contributed by atoms with E-state index in [0.717, 1.165) is 26.2 Å². The van der Waals surface area contributed by atoms with Crippen LogP contribution in [0.3, 0.4) is 0 Å². The molecule has 2 atom stereocenters. The average molecular weight is 320 g/mol. The third-order valence-electron chi connectivity index (χ3n) is 6.55. The van der Waals surface area contributed by atoms with Gasteiger partial charge in [-0.1, -0.05) is 48.5 Å². The van der Waals surface area contributed by atoms with Crippen LogP contribution in [0.1, 0.15) is 24.2 Å². The summed E-state index contributed by atoms with van der Waals surface area (Å²) in [5.74, 6) is 0.486. The van der Waals surface area contributed by atoms with Gasteiger partial charge in [0.1, 0.15) is 31.6 Å². The zero-order valence-electron chi connectivity index (χ0n) is 14.1. The molecule has 2 aromatic carbocycles. The molecule has 6 rings (SSSR count). The molecule has 2 aromatic rings. The van der Waals surface area contributed by atoms with Crippen molar-refractivity contribution in [2.24, 2.45) is 5.41 Å². The van der Waals surface area contributed by atoms with Gasteiger partial charge < -0.3 is 0 Å². The Hall–Kier alpha value is -1.97. The first kappa shape index (κ1) is 14.4. The lowest BCUT2D eigenvalue weighted by molar-refractivity contribution is -1.18. The summed E-state index contributed by atoms with van der Waals surface area (Å²) >= 11 is 0. The second kappa shape index (κ2) is 4.78. The van der Waals surface area contributed by atoms with Crippen LogP contribution < -0.4 is 9.80 Å². The van der Waals surface area contributed by atoms with Crippen molar-refractivity contribution in [2.45, 2.75) is 18.5 Å². The van der Waals surface area contributed by atoms with E-state index in [1.807, 2.05) is 6.07 Å². The number of hydrogen-bond acceptors (Lipinski definition) is 1. The van der Waals surface area contributed by atoms with Gasteiger partial charge in [0.15, 0.2) is 11.2 Å². The second-order valence-corrected chi connectivity index (χ2v) is 8.21. The first-order chi connectivity index (χ1) is 11.6. The van der Waals surface area contributed by atoms with Crippen LogP contribution in [-0.4, -0.2) is 32.0 Å². The summed E-state index contributed by atoms with van der Waals surface area (Å²) in [4.78, 5) is 16.6. The Labute approximate surface area is 142 Å². The van der Waals surface area contributed by atoms with Crippen LogP contribution in [0.5, 0.6) is 0 Å². The lowest BCUT2D eigenvalue weighted by Crippen LogP contribution is -3.41. The van der Waals surface area contributed by atoms with E-state index in [0.29, 0.717) is 11.9 Å². The van der Waals surface area contributed by atoms with Crippen LogP contribution in [0.25, 0.3) is 0 Å². The maximum Gasteiger partial charge on any atom is 0.240 e. The molecule has 0 radical (unpaired) electrons. The van der Waals surface area contributed by atoms with E-state index in [-0.39, 0.29) is 10.8 Å². The molecule has 4 aliphatic rings. The largest absolute Gasteiger partial charge is 0.297 e. The summed E-state index contributed by atoms with van der Waals surface area (Å²) in [6, 6.07) is 21.4. The summed E-state index contributed by atoms with van der Waals surface area (Å²) in [5.41, 5.74) is 2.17. The number of carbonyl (C=O) groups excluding carboxylic acids is 1. The molecule has 0 aliphatic carbocycles. The maximum atomic E-state index is 13.4. The molecule has 0 aromatic heterocycles. The number of carbonyl (C=O) groups is 1. The lowest BCUT2D eigenvalue weighted by Gasteiger charge is -2.59. The highest BCUT2D eigenvalue weighted by Gasteiger charge is 2.70. The minimum atomic E-state index is -0.289. The van der Waals surface area contributed by atoms with E-state index in [2.05, 4.69) is 61.5 Å². The Bertz CT molecular complexity index is 770. The summed E-state index contributed by atoms with van der Waals surface area (Å²) < 4.78 is 0. The second-order valence-electron chi connectivity index (χ2n) is 8.21. The van der Waals surface area contributed by atoms with Crippen molar-refractivity contribution >= 4 is 5.78 Å². The molecule has 4 saturated heterocycles. The molecular weight excluding hydrogens is 296 g/mol. The molecule has 4 heterocycles. The first-order valence-electron chi connectivity index (χ1n) is 8.97. The molecule has 4 bridgehead atoms. The van der Waals surface area contributed by atoms with Gasteiger partial charge in [-0.3, -0.25) is 14.6 Å². The van der Waals surface area contributed by atoms with Crippen molar-refractivity contribution in [3.63, 3.8) is 0 Å². The SMILES string of the molecule is CC12C[NH+]3CC(c4ccccc4)(C[NH+](C1)C3c1ccccc1)C2=O. The first-order valence-corrected chi connectivity index (χ1v) is 8.97. The number of Topliss-reactive ketones (excluding diaryl/α,β-unsaturated/α-hetero) is 1. The molecule has 0 amide bonds. The van der Waals surface area contributed by atoms with Crippen molar-refractivity contribution in [3.8, 4) is 0 Å². The normalized spacial score (nSPS) is 40.0. The zero-order valence-corrected chi connectivity index (χ0v) is 14.1. The third kappa shape index (κ3) is 1.77. The van der Waals surface area contributed by atoms with Crippen molar-refractivity contribution in [3.05, 3.63) is 71.8 Å². The van der Waals surface area contributed by atoms with Gasteiger partial charge in [0.05, 0.1) is 5.56 Å². The zero-order chi connectivity index (χ0) is 16.4. The van der Waals surface area contributed by atoms with Crippen LogP contribution in [0.15, 0.2) is 60.7 Å². The van der Waals surface area contributed by atoms with Gasteiger partial charge in [0.2, 0.25) is 6.17 Å². The maximum absolute atomic E-state index is 13.4. The molecule has 3 heteroatoms. The minimum Gasteiger partial charge on any atom is -0.297 e. The lowest BCUT2D eigenvalue weighted by atomic mass is 9.58. The standard InChI is InChI=1S/C21H22N2O/c1-20-12-22-14-21(19(20)24,17-10-6-3-7-11-17)15-23(13-20)18(22)16-8-4-2-5-9-16/h2-11,18H,12-15H2,1H3/p+2. The van der Waals surface area contributed by atoms with E-state index >= 15 is 0 Å². The molecule has 4 aliphatic heterocycles. The van der Waals surface area contributed by atoms with E-state index < -0.39 is 0 Å². The molecule has 2 N–H and O–H groups in total. The van der Waals surface area contributed by atoms with Crippen molar-refractivity contribution < 1.29 is 14.6 Å². The summed E-state index contributed by atoms with van der Waals surface area (Å²) in [6.07, 6.45) is 0.476. The van der Waals surface area contributed by atoms with Gasteiger partial charge in [-0.05, 0) is 24.6 Å². The van der Waals surface area contributed by atoms with Gasteiger partial charge in [-0.2, -0.15) is 0 Å². The Morgan fingerprint density at radius 1 is 0.833 bits per heavy atom. The molecule has 24 heavy (non-hydrogen) atoms. The number of benzene rings is 2. The smallest absolute Gasteiger partial charge is 0.240 e. The van der Waals surface area contributed by atoms with Crippen LogP contribution in [0.4, 0.5) is 0 Å². The summed E-state index contributed by atoms with van der Waals surface area (Å²) in [5, 5.41) is 0. The van der Waals surface area contributed by atoms with Crippen LogP contribution >= 0.6 is 0 Å². The van der Waals surface area contributed by atoms with Gasteiger partial charge >= 0.3 is 0 Å². The van der Waals surface area contributed by atoms with Gasteiger partial charge in [0.25, 0.3) is 0 Å². The average Bonchev–Trinajstić information content (AvgIpc) is 2.60. The van der Waals surface area contributed by atoms with Crippen molar-refractivity contribution in [1.29, 1.82) is 0 Å². The Balaban J connectivity index is 1.62. The van der Waals surface area contributed by atoms with E-state index in [1.54, 1.807) is 9.80 Å². The Morgan fingerprint density at radius 2 is 1.38 bits per heavy atom. The monoisotopic (exact) mass is 320 g/mol. The van der Waals surface area contributed by atoms with Crippen LogP contribution in [0, 0.1) is 5.41 Å². The molecular formula is C21H24N2O+2. The highest BCUT2D eigenvalue weighted by atomic mass is 16.1. The number of quaternary nitrogens is 2. The molecule has 0 saturated carbocycles. The predicted molar refractivity (Wildman–Crippen MR) is 91.8 cm³/mol. The number of rotatable bonds is 2. The number of nitrogens with one attached hydrogen (secondary N) is 2. The quantitative estimate of drug-likeness (QED) is 0.801. The van der Waals surface area contributed by atoms with Gasteiger partial charge in [0, 0.05) is 0 Å². The number of piperidine rings is 2. The summed E-state index contributed by atoms with van der Waals surface area (Å²) in [7, 11) is 0. The van der Waals surface area contributed by atoms with E-state index in [4.69, 9.17) is 0 Å². The van der Waals surface area contributed by atoms with Gasteiger partial charge in [-0.15, -0.1) is 0 Å². The highest BCUT2D eigenvalue weighted by Crippen LogP contribution is 2.38. The van der Waals surface area contributed by atoms with Gasteiger partial charge in [-0.25, -0.2) is 0 Å². The highest BCUT2D eigenvalue weighted by molar-refractivity contribution is 5.96. The molecule has 122 valence electrons. The van der Waals surface area contributed by atoms with E-state index in [9.17, 15) is 4.79 Å². The third-order valence-corrected chi connectivity index (χ3v) is 6.55. The Kier molecular flexibility index (Phi) is 2.86. The molecule has 3 nitrogen and oxygen atoms in total. The van der Waals surface area contributed by atoms with E-state index in [1.165, 1.54) is 11.1 Å². The topological polar surface area (TPSA) is 26.0 Å². The summed E-state index contributed by atoms with van der Waals surface area (Å²) in [6.45, 7) is 6.03.